The molecule has 1 heterocycles. The molecule has 0 bridgehead atoms. The molecule has 4 nitrogen and oxygen atoms in total. The maximum atomic E-state index is 12.7. The molecule has 0 aliphatic carbocycles. The highest BCUT2D eigenvalue weighted by Crippen LogP contribution is 2.30. The number of furan rings is 1. The van der Waals surface area contributed by atoms with Crippen molar-refractivity contribution in [3.05, 3.63) is 59.0 Å². The van der Waals surface area contributed by atoms with Gasteiger partial charge in [0.25, 0.3) is 0 Å². The lowest BCUT2D eigenvalue weighted by atomic mass is 10.1. The van der Waals surface area contributed by atoms with Crippen LogP contribution in [0.3, 0.4) is 0 Å². The van der Waals surface area contributed by atoms with E-state index < -0.39 is 17.6 Å². The first-order chi connectivity index (χ1) is 9.88. The molecule has 2 aromatic rings. The minimum absolute atomic E-state index is 0.0359. The van der Waals surface area contributed by atoms with Crippen LogP contribution < -0.4 is 5.43 Å². The van der Waals surface area contributed by atoms with E-state index in [0.29, 0.717) is 5.76 Å². The first-order valence-electron chi connectivity index (χ1n) is 5.94. The van der Waals surface area contributed by atoms with E-state index in [1.807, 2.05) is 0 Å². The van der Waals surface area contributed by atoms with Crippen molar-refractivity contribution in [2.24, 2.45) is 5.10 Å². The van der Waals surface area contributed by atoms with Crippen LogP contribution in [0.25, 0.3) is 0 Å². The van der Waals surface area contributed by atoms with E-state index in [9.17, 15) is 18.0 Å². The lowest BCUT2D eigenvalue weighted by Crippen LogP contribution is -2.17. The summed E-state index contributed by atoms with van der Waals surface area (Å²) in [6.07, 6.45) is -3.54. The Balaban J connectivity index is 2.10. The second-order valence-electron chi connectivity index (χ2n) is 4.19. The van der Waals surface area contributed by atoms with E-state index in [-0.39, 0.29) is 11.3 Å². The molecule has 0 radical (unpaired) electrons. The highest BCUT2D eigenvalue weighted by atomic mass is 19.4. The Labute approximate surface area is 118 Å². The molecule has 1 aromatic heterocycles. The van der Waals surface area contributed by atoms with Crippen molar-refractivity contribution in [2.75, 3.05) is 0 Å². The number of carbonyl (C=O) groups is 1. The Hall–Kier alpha value is -2.57. The zero-order valence-electron chi connectivity index (χ0n) is 10.9. The molecule has 0 atom stereocenters. The van der Waals surface area contributed by atoms with Gasteiger partial charge in [-0.15, -0.1) is 0 Å². The number of hydrogen-bond donors (Lipinski definition) is 1. The van der Waals surface area contributed by atoms with Crippen molar-refractivity contribution < 1.29 is 22.4 Å². The molecule has 0 aliphatic rings. The number of hydrazone groups is 1. The summed E-state index contributed by atoms with van der Waals surface area (Å²) in [7, 11) is 0. The number of carbonyl (C=O) groups excluding carboxylic acids is 1. The fraction of sp³-hybridized carbons (Fsp3) is 0.143. The van der Waals surface area contributed by atoms with Crippen LogP contribution in [0.1, 0.15) is 27.4 Å². The Kier molecular flexibility index (Phi) is 4.11. The highest BCUT2D eigenvalue weighted by molar-refractivity contribution is 5.92. The van der Waals surface area contributed by atoms with Gasteiger partial charge in [-0.3, -0.25) is 4.79 Å². The summed E-state index contributed by atoms with van der Waals surface area (Å²) < 4.78 is 43.3. The van der Waals surface area contributed by atoms with E-state index in [1.165, 1.54) is 24.3 Å². The van der Waals surface area contributed by atoms with Gasteiger partial charge in [0, 0.05) is 5.56 Å². The van der Waals surface area contributed by atoms with E-state index in [0.717, 1.165) is 12.3 Å². The summed E-state index contributed by atoms with van der Waals surface area (Å²) in [6, 6.07) is 7.98. The number of amides is 1. The molecule has 1 amide bonds. The Morgan fingerprint density at radius 1 is 1.24 bits per heavy atom. The van der Waals surface area contributed by atoms with Crippen LogP contribution >= 0.6 is 0 Å². The molecule has 7 heteroatoms. The van der Waals surface area contributed by atoms with Crippen molar-refractivity contribution >= 4 is 12.1 Å². The molecule has 0 unspecified atom stereocenters. The molecule has 0 saturated carbocycles. The average molecular weight is 296 g/mol. The number of nitrogens with zero attached hydrogens (tertiary/aromatic N) is 1. The highest BCUT2D eigenvalue weighted by Gasteiger charge is 2.32. The van der Waals surface area contributed by atoms with E-state index in [2.05, 4.69) is 10.5 Å². The third-order valence-electron chi connectivity index (χ3n) is 2.60. The van der Waals surface area contributed by atoms with Gasteiger partial charge in [-0.1, -0.05) is 18.2 Å². The molecular weight excluding hydrogens is 285 g/mol. The minimum atomic E-state index is -4.48. The first-order valence-corrected chi connectivity index (χ1v) is 5.94. The Morgan fingerprint density at radius 3 is 2.57 bits per heavy atom. The maximum absolute atomic E-state index is 12.7. The van der Waals surface area contributed by atoms with Gasteiger partial charge in [0.1, 0.15) is 5.76 Å². The molecule has 2 rings (SSSR count). The second kappa shape index (κ2) is 5.82. The monoisotopic (exact) mass is 296 g/mol. The van der Waals surface area contributed by atoms with Gasteiger partial charge in [-0.25, -0.2) is 5.43 Å². The van der Waals surface area contributed by atoms with Gasteiger partial charge in [0.2, 0.25) is 0 Å². The molecule has 1 N–H and O–H groups in total. The Morgan fingerprint density at radius 2 is 1.95 bits per heavy atom. The lowest BCUT2D eigenvalue weighted by molar-refractivity contribution is -0.137. The molecule has 0 fully saturated rings. The Bertz CT molecular complexity index is 675. The third kappa shape index (κ3) is 3.71. The molecule has 0 spiro atoms. The number of hydrogen-bond acceptors (Lipinski definition) is 3. The number of halogens is 3. The van der Waals surface area contributed by atoms with Crippen LogP contribution in [-0.4, -0.2) is 12.1 Å². The number of nitrogens with one attached hydrogen (secondary N) is 1. The van der Waals surface area contributed by atoms with Crippen molar-refractivity contribution in [1.82, 2.24) is 5.43 Å². The number of rotatable bonds is 3. The predicted molar refractivity (Wildman–Crippen MR) is 69.9 cm³/mol. The summed E-state index contributed by atoms with van der Waals surface area (Å²) in [5, 5.41) is 3.52. The van der Waals surface area contributed by atoms with Crippen molar-refractivity contribution in [2.45, 2.75) is 13.1 Å². The summed E-state index contributed by atoms with van der Waals surface area (Å²) in [5.41, 5.74) is 1.15. The van der Waals surface area contributed by atoms with Crippen molar-refractivity contribution in [1.29, 1.82) is 0 Å². The van der Waals surface area contributed by atoms with Crippen LogP contribution in [0.2, 0.25) is 0 Å². The SMILES string of the molecule is Cc1ccc(C(=O)N/N=C/c2ccccc2C(F)(F)F)o1. The molecule has 21 heavy (non-hydrogen) atoms. The molecule has 1 aromatic carbocycles. The number of alkyl halides is 3. The zero-order valence-corrected chi connectivity index (χ0v) is 10.9. The summed E-state index contributed by atoms with van der Waals surface area (Å²) >= 11 is 0. The fourth-order valence-corrected chi connectivity index (χ4v) is 1.64. The van der Waals surface area contributed by atoms with E-state index in [4.69, 9.17) is 4.42 Å². The van der Waals surface area contributed by atoms with Gasteiger partial charge in [-0.05, 0) is 25.1 Å². The van der Waals surface area contributed by atoms with Crippen LogP contribution in [0.4, 0.5) is 13.2 Å². The van der Waals surface area contributed by atoms with E-state index >= 15 is 0 Å². The van der Waals surface area contributed by atoms with Crippen LogP contribution in [0, 0.1) is 6.92 Å². The smallest absolute Gasteiger partial charge is 0.417 e. The number of benzene rings is 1. The topological polar surface area (TPSA) is 54.6 Å². The van der Waals surface area contributed by atoms with Crippen LogP contribution in [0.15, 0.2) is 45.9 Å². The predicted octanol–water partition coefficient (Wildman–Crippen LogP) is 3.37. The van der Waals surface area contributed by atoms with Gasteiger partial charge in [0.05, 0.1) is 11.8 Å². The molecule has 0 aliphatic heterocycles. The van der Waals surface area contributed by atoms with Crippen molar-refractivity contribution in [3.63, 3.8) is 0 Å². The normalized spacial score (nSPS) is 11.8. The van der Waals surface area contributed by atoms with Gasteiger partial charge < -0.3 is 4.42 Å². The summed E-state index contributed by atoms with van der Waals surface area (Å²) in [4.78, 5) is 11.6. The summed E-state index contributed by atoms with van der Waals surface area (Å²) in [5.74, 6) is -0.0517. The van der Waals surface area contributed by atoms with Crippen molar-refractivity contribution in [3.8, 4) is 0 Å². The average Bonchev–Trinajstić information content (AvgIpc) is 2.85. The van der Waals surface area contributed by atoms with Gasteiger partial charge in [0.15, 0.2) is 5.76 Å². The second-order valence-corrected chi connectivity index (χ2v) is 4.19. The van der Waals surface area contributed by atoms with Gasteiger partial charge in [-0.2, -0.15) is 18.3 Å². The third-order valence-corrected chi connectivity index (χ3v) is 2.60. The quantitative estimate of drug-likeness (QED) is 0.697. The maximum Gasteiger partial charge on any atom is 0.417 e. The largest absolute Gasteiger partial charge is 0.456 e. The fourth-order valence-electron chi connectivity index (χ4n) is 1.64. The minimum Gasteiger partial charge on any atom is -0.456 e. The first kappa shape index (κ1) is 14.8. The van der Waals surface area contributed by atoms with Gasteiger partial charge >= 0.3 is 12.1 Å². The number of aryl methyl sites for hydroxylation is 1. The summed E-state index contributed by atoms with van der Waals surface area (Å²) in [6.45, 7) is 1.67. The molecule has 0 saturated heterocycles. The van der Waals surface area contributed by atoms with E-state index in [1.54, 1.807) is 13.0 Å². The molecule has 110 valence electrons. The van der Waals surface area contributed by atoms with Crippen LogP contribution in [-0.2, 0) is 6.18 Å². The zero-order chi connectivity index (χ0) is 15.5. The lowest BCUT2D eigenvalue weighted by Gasteiger charge is -2.09. The molecular formula is C14H11F3N2O2. The standard InChI is InChI=1S/C14H11F3N2O2/c1-9-6-7-12(21-9)13(20)19-18-8-10-4-2-3-5-11(10)14(15,16)17/h2-8H,1H3,(H,19,20)/b18-8+. The van der Waals surface area contributed by atoms with Crippen LogP contribution in [0.5, 0.6) is 0 Å².